The zero-order chi connectivity index (χ0) is 18.0. The van der Waals surface area contributed by atoms with Gasteiger partial charge in [-0.05, 0) is 43.7 Å². The fourth-order valence-corrected chi connectivity index (χ4v) is 2.70. The van der Waals surface area contributed by atoms with E-state index < -0.39 is 5.82 Å². The van der Waals surface area contributed by atoms with Crippen LogP contribution in [0.2, 0.25) is 5.02 Å². The van der Waals surface area contributed by atoms with Crippen molar-refractivity contribution in [2.24, 2.45) is 0 Å². The molecule has 3 rings (SSSR count). The van der Waals surface area contributed by atoms with E-state index in [0.717, 1.165) is 16.9 Å². The third-order valence-corrected chi connectivity index (χ3v) is 4.21. The number of nitrogens with one attached hydrogen (secondary N) is 1. The molecule has 4 nitrogen and oxygen atoms in total. The lowest BCUT2D eigenvalue weighted by Gasteiger charge is -2.09. The van der Waals surface area contributed by atoms with Crippen LogP contribution in [0, 0.1) is 12.7 Å². The predicted octanol–water partition coefficient (Wildman–Crippen LogP) is 4.79. The third-order valence-electron chi connectivity index (χ3n) is 3.90. The number of carbonyl (C=O) groups is 1. The zero-order valence-electron chi connectivity index (χ0n) is 13.9. The highest BCUT2D eigenvalue weighted by Crippen LogP contribution is 2.21. The summed E-state index contributed by atoms with van der Waals surface area (Å²) in [6.45, 7) is 3.97. The van der Waals surface area contributed by atoms with Crippen molar-refractivity contribution >= 4 is 23.2 Å². The summed E-state index contributed by atoms with van der Waals surface area (Å²) in [6, 6.07) is 12.0. The molecule has 0 aliphatic carbocycles. The molecular weight excluding hydrogens is 341 g/mol. The molecule has 128 valence electrons. The van der Waals surface area contributed by atoms with Crippen LogP contribution in [0.1, 0.15) is 28.5 Å². The van der Waals surface area contributed by atoms with Gasteiger partial charge in [0.15, 0.2) is 0 Å². The molecule has 0 radical (unpaired) electrons. The molecule has 0 saturated heterocycles. The first kappa shape index (κ1) is 17.2. The first-order valence-electron chi connectivity index (χ1n) is 7.90. The van der Waals surface area contributed by atoms with E-state index in [2.05, 4.69) is 10.4 Å². The van der Waals surface area contributed by atoms with Crippen molar-refractivity contribution in [3.63, 3.8) is 0 Å². The molecule has 25 heavy (non-hydrogen) atoms. The summed E-state index contributed by atoms with van der Waals surface area (Å²) in [5, 5.41) is 7.04. The Balaban J connectivity index is 1.90. The zero-order valence-corrected chi connectivity index (χ0v) is 14.6. The average Bonchev–Trinajstić information content (AvgIpc) is 3.03. The lowest BCUT2D eigenvalue weighted by molar-refractivity contribution is 0.102. The Hall–Kier alpha value is -2.66. The molecule has 0 unspecified atom stereocenters. The number of hydrogen-bond donors (Lipinski definition) is 1. The number of amides is 1. The highest BCUT2D eigenvalue weighted by Gasteiger charge is 2.17. The lowest BCUT2D eigenvalue weighted by atomic mass is 10.1. The topological polar surface area (TPSA) is 46.9 Å². The van der Waals surface area contributed by atoms with Crippen molar-refractivity contribution in [2.75, 3.05) is 5.32 Å². The first-order valence-corrected chi connectivity index (χ1v) is 8.27. The molecule has 0 fully saturated rings. The van der Waals surface area contributed by atoms with Crippen molar-refractivity contribution in [3.05, 3.63) is 76.3 Å². The van der Waals surface area contributed by atoms with Crippen molar-refractivity contribution in [1.29, 1.82) is 0 Å². The number of halogens is 2. The van der Waals surface area contributed by atoms with Crippen molar-refractivity contribution in [2.45, 2.75) is 20.3 Å². The summed E-state index contributed by atoms with van der Waals surface area (Å²) in [4.78, 5) is 12.6. The van der Waals surface area contributed by atoms with Gasteiger partial charge in [0.25, 0.3) is 5.91 Å². The van der Waals surface area contributed by atoms with Crippen LogP contribution in [0.3, 0.4) is 0 Å². The molecule has 6 heteroatoms. The average molecular weight is 358 g/mol. The Morgan fingerprint density at radius 1 is 1.24 bits per heavy atom. The second-order valence-electron chi connectivity index (χ2n) is 5.69. The first-order chi connectivity index (χ1) is 12.0. The maximum absolute atomic E-state index is 13.5. The molecule has 1 heterocycles. The molecule has 1 N–H and O–H groups in total. The monoisotopic (exact) mass is 357 g/mol. The van der Waals surface area contributed by atoms with Gasteiger partial charge in [-0.15, -0.1) is 0 Å². The predicted molar refractivity (Wildman–Crippen MR) is 97.0 cm³/mol. The van der Waals surface area contributed by atoms with Gasteiger partial charge in [-0.1, -0.05) is 36.2 Å². The van der Waals surface area contributed by atoms with Gasteiger partial charge in [-0.3, -0.25) is 4.79 Å². The molecule has 0 bridgehead atoms. The SMILES string of the molecule is CCc1c(C(=O)Nc2ccc(Cl)c(F)c2)cnn1-c1ccc(C)cc1. The van der Waals surface area contributed by atoms with Gasteiger partial charge in [0.2, 0.25) is 0 Å². The van der Waals surface area contributed by atoms with E-state index in [0.29, 0.717) is 17.7 Å². The second kappa shape index (κ2) is 7.07. The molecule has 1 aromatic heterocycles. The van der Waals surface area contributed by atoms with Crippen LogP contribution in [0.25, 0.3) is 5.69 Å². The van der Waals surface area contributed by atoms with E-state index in [-0.39, 0.29) is 10.9 Å². The van der Waals surface area contributed by atoms with E-state index in [9.17, 15) is 9.18 Å². The van der Waals surface area contributed by atoms with E-state index in [4.69, 9.17) is 11.6 Å². The van der Waals surface area contributed by atoms with Crippen molar-refractivity contribution in [1.82, 2.24) is 9.78 Å². The van der Waals surface area contributed by atoms with Crippen molar-refractivity contribution in [3.8, 4) is 5.69 Å². The largest absolute Gasteiger partial charge is 0.322 e. The smallest absolute Gasteiger partial charge is 0.259 e. The number of carbonyl (C=O) groups excluding carboxylic acids is 1. The fourth-order valence-electron chi connectivity index (χ4n) is 2.58. The number of hydrogen-bond acceptors (Lipinski definition) is 2. The summed E-state index contributed by atoms with van der Waals surface area (Å²) < 4.78 is 15.3. The number of nitrogens with zero attached hydrogens (tertiary/aromatic N) is 2. The van der Waals surface area contributed by atoms with E-state index in [1.807, 2.05) is 38.1 Å². The third kappa shape index (κ3) is 3.56. The molecule has 3 aromatic rings. The summed E-state index contributed by atoms with van der Waals surface area (Å²) in [5.74, 6) is -0.914. The Morgan fingerprint density at radius 2 is 1.96 bits per heavy atom. The maximum atomic E-state index is 13.5. The minimum Gasteiger partial charge on any atom is -0.322 e. The Morgan fingerprint density at radius 3 is 2.60 bits per heavy atom. The molecule has 0 atom stereocenters. The summed E-state index contributed by atoms with van der Waals surface area (Å²) >= 11 is 5.66. The normalized spacial score (nSPS) is 10.7. The number of anilines is 1. The van der Waals surface area contributed by atoms with Crippen LogP contribution in [-0.2, 0) is 6.42 Å². The quantitative estimate of drug-likeness (QED) is 0.729. The molecule has 0 saturated carbocycles. The van der Waals surface area contributed by atoms with Gasteiger partial charge in [0.1, 0.15) is 5.82 Å². The lowest BCUT2D eigenvalue weighted by Crippen LogP contribution is -2.14. The van der Waals surface area contributed by atoms with Gasteiger partial charge in [-0.25, -0.2) is 9.07 Å². The van der Waals surface area contributed by atoms with Crippen LogP contribution >= 0.6 is 11.6 Å². The highest BCUT2D eigenvalue weighted by atomic mass is 35.5. The maximum Gasteiger partial charge on any atom is 0.259 e. The number of aromatic nitrogens is 2. The molecule has 1 amide bonds. The number of rotatable bonds is 4. The van der Waals surface area contributed by atoms with Gasteiger partial charge in [-0.2, -0.15) is 5.10 Å². The molecule has 0 spiro atoms. The Bertz CT molecular complexity index is 919. The Kier molecular flexibility index (Phi) is 4.86. The van der Waals surface area contributed by atoms with Crippen LogP contribution in [-0.4, -0.2) is 15.7 Å². The van der Waals surface area contributed by atoms with E-state index >= 15 is 0 Å². The van der Waals surface area contributed by atoms with Gasteiger partial charge < -0.3 is 5.32 Å². The molecule has 0 aliphatic rings. The van der Waals surface area contributed by atoms with E-state index in [1.165, 1.54) is 18.3 Å². The van der Waals surface area contributed by atoms with Crippen LogP contribution in [0.4, 0.5) is 10.1 Å². The van der Waals surface area contributed by atoms with E-state index in [1.54, 1.807) is 10.7 Å². The number of benzene rings is 2. The van der Waals surface area contributed by atoms with Gasteiger partial charge >= 0.3 is 0 Å². The molecule has 2 aromatic carbocycles. The summed E-state index contributed by atoms with van der Waals surface area (Å²) in [6.07, 6.45) is 2.16. The second-order valence-corrected chi connectivity index (χ2v) is 6.10. The Labute approximate surface area is 150 Å². The van der Waals surface area contributed by atoms with Crippen LogP contribution < -0.4 is 5.32 Å². The van der Waals surface area contributed by atoms with Crippen LogP contribution in [0.5, 0.6) is 0 Å². The van der Waals surface area contributed by atoms with Gasteiger partial charge in [0.05, 0.1) is 28.2 Å². The standard InChI is InChI=1S/C19H17ClFN3O/c1-3-18-15(11-22-24(18)14-7-4-12(2)5-8-14)19(25)23-13-6-9-16(20)17(21)10-13/h4-11H,3H2,1-2H3,(H,23,25). The minimum atomic E-state index is -0.578. The van der Waals surface area contributed by atoms with Crippen LogP contribution in [0.15, 0.2) is 48.7 Å². The molecular formula is C19H17ClFN3O. The van der Waals surface area contributed by atoms with Crippen molar-refractivity contribution < 1.29 is 9.18 Å². The fraction of sp³-hybridized carbons (Fsp3) is 0.158. The molecule has 0 aliphatic heterocycles. The minimum absolute atomic E-state index is 0.0134. The highest BCUT2D eigenvalue weighted by molar-refractivity contribution is 6.30. The summed E-state index contributed by atoms with van der Waals surface area (Å²) in [7, 11) is 0. The summed E-state index contributed by atoms with van der Waals surface area (Å²) in [5.41, 5.74) is 3.63. The van der Waals surface area contributed by atoms with Gasteiger partial charge in [0, 0.05) is 5.69 Å². The number of aryl methyl sites for hydroxylation is 1.